The van der Waals surface area contributed by atoms with Crippen LogP contribution in [0.15, 0.2) is 30.6 Å². The molecular formula is C15H17N3O2. The second kappa shape index (κ2) is 6.23. The molecule has 2 heterocycles. The third kappa shape index (κ3) is 3.38. The maximum absolute atomic E-state index is 11.0. The molecule has 0 aliphatic rings. The van der Waals surface area contributed by atoms with Crippen molar-refractivity contribution >= 4 is 5.97 Å². The van der Waals surface area contributed by atoms with Crippen molar-refractivity contribution in [2.45, 2.75) is 26.7 Å². The van der Waals surface area contributed by atoms with Crippen LogP contribution >= 0.6 is 0 Å². The van der Waals surface area contributed by atoms with Crippen molar-refractivity contribution in [2.24, 2.45) is 5.92 Å². The number of aromatic nitrogens is 3. The lowest BCUT2D eigenvalue weighted by Crippen LogP contribution is -2.04. The average Bonchev–Trinajstić information content (AvgIpc) is 2.47. The van der Waals surface area contributed by atoms with Gasteiger partial charge in [0.15, 0.2) is 0 Å². The molecule has 104 valence electrons. The van der Waals surface area contributed by atoms with Crippen LogP contribution in [0.1, 0.15) is 36.5 Å². The topological polar surface area (TPSA) is 76.0 Å². The molecule has 2 aromatic rings. The highest BCUT2D eigenvalue weighted by atomic mass is 16.4. The summed E-state index contributed by atoms with van der Waals surface area (Å²) in [6.07, 6.45) is 5.05. The number of hydrogen-bond acceptors (Lipinski definition) is 4. The molecule has 0 aliphatic carbocycles. The second-order valence-corrected chi connectivity index (χ2v) is 4.81. The number of hydrogen-bond donors (Lipinski definition) is 1. The molecule has 5 nitrogen and oxygen atoms in total. The number of carboxylic acids is 1. The van der Waals surface area contributed by atoms with Crippen LogP contribution in [0.25, 0.3) is 11.4 Å². The molecule has 0 amide bonds. The van der Waals surface area contributed by atoms with Crippen LogP contribution in [0, 0.1) is 5.92 Å². The summed E-state index contributed by atoms with van der Waals surface area (Å²) in [6, 6.07) is 4.73. The average molecular weight is 271 g/mol. The van der Waals surface area contributed by atoms with E-state index in [1.807, 2.05) is 0 Å². The zero-order valence-corrected chi connectivity index (χ0v) is 11.6. The van der Waals surface area contributed by atoms with Crippen LogP contribution in [0.4, 0.5) is 0 Å². The summed E-state index contributed by atoms with van der Waals surface area (Å²) in [5.74, 6) is 0.311. The predicted molar refractivity (Wildman–Crippen MR) is 75.4 cm³/mol. The van der Waals surface area contributed by atoms with Gasteiger partial charge in [0.1, 0.15) is 5.82 Å². The van der Waals surface area contributed by atoms with Gasteiger partial charge in [0, 0.05) is 18.8 Å². The van der Waals surface area contributed by atoms with E-state index >= 15 is 0 Å². The fraction of sp³-hybridized carbons (Fsp3) is 0.333. The summed E-state index contributed by atoms with van der Waals surface area (Å²) in [4.78, 5) is 23.9. The third-order valence-electron chi connectivity index (χ3n) is 3.20. The number of carboxylic acid groups (broad SMARTS) is 1. The van der Waals surface area contributed by atoms with Gasteiger partial charge in [-0.2, -0.15) is 0 Å². The molecule has 0 saturated carbocycles. The predicted octanol–water partition coefficient (Wildman–Crippen LogP) is 2.83. The minimum Gasteiger partial charge on any atom is -0.478 e. The Kier molecular flexibility index (Phi) is 4.40. The largest absolute Gasteiger partial charge is 0.478 e. The summed E-state index contributed by atoms with van der Waals surface area (Å²) >= 11 is 0. The Morgan fingerprint density at radius 1 is 1.25 bits per heavy atom. The Morgan fingerprint density at radius 3 is 2.70 bits per heavy atom. The highest BCUT2D eigenvalue weighted by Crippen LogP contribution is 2.16. The smallest absolute Gasteiger partial charge is 0.335 e. The zero-order chi connectivity index (χ0) is 14.5. The van der Waals surface area contributed by atoms with Gasteiger partial charge in [-0.05, 0) is 24.1 Å². The standard InChI is InChI=1S/C15H17N3O2/c1-3-10(2)8-14-17-7-5-12(18-14)13-9-11(15(19)20)4-6-16-13/h4-7,9-10H,3,8H2,1-2H3,(H,19,20)/t10-/m1/s1. The number of nitrogens with zero attached hydrogens (tertiary/aromatic N) is 3. The van der Waals surface area contributed by atoms with Gasteiger partial charge in [-0.25, -0.2) is 14.8 Å². The number of aromatic carboxylic acids is 1. The van der Waals surface area contributed by atoms with E-state index in [1.54, 1.807) is 12.3 Å². The van der Waals surface area contributed by atoms with Gasteiger partial charge in [0.25, 0.3) is 0 Å². The second-order valence-electron chi connectivity index (χ2n) is 4.81. The van der Waals surface area contributed by atoms with Gasteiger partial charge in [-0.3, -0.25) is 4.98 Å². The fourth-order valence-electron chi connectivity index (χ4n) is 1.80. The van der Waals surface area contributed by atoms with E-state index in [2.05, 4.69) is 28.8 Å². The molecule has 0 aromatic carbocycles. The Balaban J connectivity index is 2.31. The molecule has 2 rings (SSSR count). The number of pyridine rings is 1. The van der Waals surface area contributed by atoms with Gasteiger partial charge in [-0.1, -0.05) is 20.3 Å². The van der Waals surface area contributed by atoms with Gasteiger partial charge >= 0.3 is 5.97 Å². The van der Waals surface area contributed by atoms with E-state index in [1.165, 1.54) is 18.3 Å². The number of rotatable bonds is 5. The molecule has 0 spiro atoms. The van der Waals surface area contributed by atoms with E-state index in [0.29, 0.717) is 17.3 Å². The van der Waals surface area contributed by atoms with Gasteiger partial charge in [0.05, 0.1) is 17.0 Å². The van der Waals surface area contributed by atoms with Crippen molar-refractivity contribution in [3.8, 4) is 11.4 Å². The van der Waals surface area contributed by atoms with Crippen LogP contribution in [0.3, 0.4) is 0 Å². The van der Waals surface area contributed by atoms with Crippen molar-refractivity contribution in [1.29, 1.82) is 0 Å². The summed E-state index contributed by atoms with van der Waals surface area (Å²) < 4.78 is 0. The maximum atomic E-state index is 11.0. The lowest BCUT2D eigenvalue weighted by molar-refractivity contribution is 0.0697. The maximum Gasteiger partial charge on any atom is 0.335 e. The molecular weight excluding hydrogens is 254 g/mol. The molecule has 0 unspecified atom stereocenters. The molecule has 0 bridgehead atoms. The normalized spacial score (nSPS) is 12.1. The summed E-state index contributed by atoms with van der Waals surface area (Å²) in [7, 11) is 0. The van der Waals surface area contributed by atoms with E-state index in [0.717, 1.165) is 18.7 Å². The lowest BCUT2D eigenvalue weighted by atomic mass is 10.0. The third-order valence-corrected chi connectivity index (χ3v) is 3.20. The van der Waals surface area contributed by atoms with Crippen molar-refractivity contribution in [3.05, 3.63) is 42.0 Å². The highest BCUT2D eigenvalue weighted by molar-refractivity contribution is 5.88. The monoisotopic (exact) mass is 271 g/mol. The van der Waals surface area contributed by atoms with E-state index in [4.69, 9.17) is 5.11 Å². The Labute approximate surface area is 117 Å². The van der Waals surface area contributed by atoms with E-state index < -0.39 is 5.97 Å². The molecule has 5 heteroatoms. The first-order valence-electron chi connectivity index (χ1n) is 6.61. The summed E-state index contributed by atoms with van der Waals surface area (Å²) in [6.45, 7) is 4.28. The first-order chi connectivity index (χ1) is 9.60. The molecule has 20 heavy (non-hydrogen) atoms. The molecule has 2 aromatic heterocycles. The summed E-state index contributed by atoms with van der Waals surface area (Å²) in [5.41, 5.74) is 1.41. The van der Waals surface area contributed by atoms with Crippen LogP contribution in [0.2, 0.25) is 0 Å². The highest BCUT2D eigenvalue weighted by Gasteiger charge is 2.09. The molecule has 0 saturated heterocycles. The van der Waals surface area contributed by atoms with E-state index in [9.17, 15) is 4.79 Å². The first-order valence-corrected chi connectivity index (χ1v) is 6.61. The van der Waals surface area contributed by atoms with Gasteiger partial charge in [-0.15, -0.1) is 0 Å². The molecule has 0 aliphatic heterocycles. The molecule has 0 radical (unpaired) electrons. The molecule has 1 N–H and O–H groups in total. The first kappa shape index (κ1) is 14.1. The van der Waals surface area contributed by atoms with Crippen molar-refractivity contribution < 1.29 is 9.90 Å². The van der Waals surface area contributed by atoms with Crippen LogP contribution in [-0.2, 0) is 6.42 Å². The Hall–Kier alpha value is -2.30. The molecule has 0 fully saturated rings. The minimum absolute atomic E-state index is 0.206. The van der Waals surface area contributed by atoms with Crippen molar-refractivity contribution in [2.75, 3.05) is 0 Å². The quantitative estimate of drug-likeness (QED) is 0.904. The van der Waals surface area contributed by atoms with E-state index in [-0.39, 0.29) is 5.56 Å². The molecule has 1 atom stereocenters. The summed E-state index contributed by atoms with van der Waals surface area (Å²) in [5, 5.41) is 9.00. The van der Waals surface area contributed by atoms with Crippen LogP contribution in [-0.4, -0.2) is 26.0 Å². The van der Waals surface area contributed by atoms with Gasteiger partial charge < -0.3 is 5.11 Å². The SMILES string of the molecule is CC[C@@H](C)Cc1nccc(-c2cc(C(=O)O)ccn2)n1. The fourth-order valence-corrected chi connectivity index (χ4v) is 1.80. The lowest BCUT2D eigenvalue weighted by Gasteiger charge is -2.08. The zero-order valence-electron chi connectivity index (χ0n) is 11.6. The van der Waals surface area contributed by atoms with Crippen LogP contribution in [0.5, 0.6) is 0 Å². The number of carbonyl (C=O) groups is 1. The van der Waals surface area contributed by atoms with Crippen LogP contribution < -0.4 is 0 Å². The van der Waals surface area contributed by atoms with Crippen molar-refractivity contribution in [3.63, 3.8) is 0 Å². The minimum atomic E-state index is -0.970. The Bertz CT molecular complexity index is 614. The Morgan fingerprint density at radius 2 is 2.00 bits per heavy atom. The van der Waals surface area contributed by atoms with Gasteiger partial charge in [0.2, 0.25) is 0 Å². The van der Waals surface area contributed by atoms with Crippen molar-refractivity contribution in [1.82, 2.24) is 15.0 Å².